The summed E-state index contributed by atoms with van der Waals surface area (Å²) in [6.45, 7) is 0. The molecule has 0 aromatic carbocycles. The molecule has 2 N–H and O–H groups in total. The molecule has 14 heavy (non-hydrogen) atoms. The number of fused-ring (bicyclic) bond motifs is 1. The lowest BCUT2D eigenvalue weighted by atomic mass is 10.4. The molecule has 0 aliphatic carbocycles. The van der Waals surface area contributed by atoms with Crippen LogP contribution in [-0.4, -0.2) is 9.97 Å². The smallest absolute Gasteiger partial charge is 0.414 e. The van der Waals surface area contributed by atoms with E-state index in [-0.39, 0.29) is 16.9 Å². The number of pyridine rings is 1. The van der Waals surface area contributed by atoms with Gasteiger partial charge in [0, 0.05) is 0 Å². The summed E-state index contributed by atoms with van der Waals surface area (Å²) in [6.07, 6.45) is -3.40. The van der Waals surface area contributed by atoms with E-state index in [1.54, 1.807) is 0 Å². The second-order valence-corrected chi connectivity index (χ2v) is 2.61. The zero-order valence-corrected chi connectivity index (χ0v) is 6.67. The molecule has 0 saturated carbocycles. The topological polar surface area (TPSA) is 64.9 Å². The summed E-state index contributed by atoms with van der Waals surface area (Å²) in [5.41, 5.74) is 5.38. The van der Waals surface area contributed by atoms with Crippen molar-refractivity contribution in [2.45, 2.75) is 6.18 Å². The zero-order valence-electron chi connectivity index (χ0n) is 6.67. The first kappa shape index (κ1) is 8.79. The standard InChI is InChI=1S/C7H4F3N3O/c8-7(9,10)6-13-4-1-3(11)2-12-5(4)14-6/h1-2H,11H2. The van der Waals surface area contributed by atoms with Crippen molar-refractivity contribution in [1.29, 1.82) is 0 Å². The second kappa shape index (κ2) is 2.60. The van der Waals surface area contributed by atoms with Crippen molar-refractivity contribution in [3.8, 4) is 0 Å². The molecule has 7 heteroatoms. The first-order chi connectivity index (χ1) is 6.47. The molecule has 4 nitrogen and oxygen atoms in total. The van der Waals surface area contributed by atoms with Gasteiger partial charge >= 0.3 is 12.1 Å². The fraction of sp³-hybridized carbons (Fsp3) is 0.143. The third-order valence-corrected chi connectivity index (χ3v) is 1.51. The van der Waals surface area contributed by atoms with Gasteiger partial charge in [-0.05, 0) is 6.07 Å². The Labute approximate surface area is 75.5 Å². The number of hydrogen-bond donors (Lipinski definition) is 1. The van der Waals surface area contributed by atoms with Crippen LogP contribution in [0.2, 0.25) is 0 Å². The third kappa shape index (κ3) is 1.36. The Morgan fingerprint density at radius 3 is 2.71 bits per heavy atom. The zero-order chi connectivity index (χ0) is 10.3. The Hall–Kier alpha value is -1.79. The van der Waals surface area contributed by atoms with Gasteiger partial charge in [-0.1, -0.05) is 0 Å². The van der Waals surface area contributed by atoms with Gasteiger partial charge in [0.15, 0.2) is 0 Å². The van der Waals surface area contributed by atoms with Gasteiger partial charge in [-0.25, -0.2) is 9.97 Å². The molecular weight excluding hydrogens is 199 g/mol. The number of nitrogens with two attached hydrogens (primary N) is 1. The van der Waals surface area contributed by atoms with Crippen molar-refractivity contribution in [1.82, 2.24) is 9.97 Å². The Balaban J connectivity index is 2.63. The van der Waals surface area contributed by atoms with Gasteiger partial charge in [-0.15, -0.1) is 0 Å². The molecule has 0 radical (unpaired) electrons. The van der Waals surface area contributed by atoms with Crippen LogP contribution >= 0.6 is 0 Å². The van der Waals surface area contributed by atoms with Crippen LogP contribution < -0.4 is 5.73 Å². The number of oxazole rings is 1. The maximum atomic E-state index is 12.1. The fourth-order valence-corrected chi connectivity index (χ4v) is 0.960. The molecule has 0 saturated heterocycles. The Morgan fingerprint density at radius 1 is 1.36 bits per heavy atom. The lowest BCUT2D eigenvalue weighted by Gasteiger charge is -1.96. The van der Waals surface area contributed by atoms with Crippen LogP contribution in [0, 0.1) is 0 Å². The van der Waals surface area contributed by atoms with Gasteiger partial charge in [0.1, 0.15) is 5.52 Å². The molecule has 74 valence electrons. The summed E-state index contributed by atoms with van der Waals surface area (Å²) < 4.78 is 40.7. The predicted molar refractivity (Wildman–Crippen MR) is 41.2 cm³/mol. The average molecular weight is 203 g/mol. The monoisotopic (exact) mass is 203 g/mol. The van der Waals surface area contributed by atoms with Gasteiger partial charge < -0.3 is 10.2 Å². The maximum absolute atomic E-state index is 12.1. The average Bonchev–Trinajstić information content (AvgIpc) is 2.45. The number of nitrogens with zero attached hydrogens (tertiary/aromatic N) is 2. The summed E-state index contributed by atoms with van der Waals surface area (Å²) >= 11 is 0. The van der Waals surface area contributed by atoms with E-state index < -0.39 is 12.1 Å². The Kier molecular flexibility index (Phi) is 1.63. The number of rotatable bonds is 0. The van der Waals surface area contributed by atoms with Crippen molar-refractivity contribution in [3.63, 3.8) is 0 Å². The number of alkyl halides is 3. The summed E-state index contributed by atoms with van der Waals surface area (Å²) in [5.74, 6) is -1.31. The van der Waals surface area contributed by atoms with Crippen LogP contribution in [0.25, 0.3) is 11.2 Å². The Bertz CT molecular complexity index is 476. The van der Waals surface area contributed by atoms with E-state index in [1.165, 1.54) is 12.3 Å². The van der Waals surface area contributed by atoms with Crippen LogP contribution in [0.3, 0.4) is 0 Å². The van der Waals surface area contributed by atoms with Gasteiger partial charge in [0.05, 0.1) is 11.9 Å². The maximum Gasteiger partial charge on any atom is 0.469 e. The molecule has 0 unspecified atom stereocenters. The van der Waals surface area contributed by atoms with Crippen molar-refractivity contribution in [2.75, 3.05) is 5.73 Å². The minimum atomic E-state index is -4.60. The van der Waals surface area contributed by atoms with E-state index >= 15 is 0 Å². The number of hydrogen-bond acceptors (Lipinski definition) is 4. The lowest BCUT2D eigenvalue weighted by molar-refractivity contribution is -0.156. The highest BCUT2D eigenvalue weighted by atomic mass is 19.4. The van der Waals surface area contributed by atoms with E-state index in [0.29, 0.717) is 0 Å². The van der Waals surface area contributed by atoms with Crippen LogP contribution in [0.15, 0.2) is 16.7 Å². The molecule has 0 aliphatic rings. The van der Waals surface area contributed by atoms with E-state index in [9.17, 15) is 13.2 Å². The summed E-state index contributed by atoms with van der Waals surface area (Å²) in [4.78, 5) is 6.77. The minimum Gasteiger partial charge on any atom is -0.414 e. The number of anilines is 1. The Morgan fingerprint density at radius 2 is 2.07 bits per heavy atom. The van der Waals surface area contributed by atoms with Crippen molar-refractivity contribution in [2.24, 2.45) is 0 Å². The fourth-order valence-electron chi connectivity index (χ4n) is 0.960. The number of aromatic nitrogens is 2. The number of nitrogen functional groups attached to an aromatic ring is 1. The SMILES string of the molecule is Nc1cnc2oc(C(F)(F)F)nc2c1. The molecule has 0 atom stereocenters. The minimum absolute atomic E-state index is 0.00248. The van der Waals surface area contributed by atoms with Gasteiger partial charge in [0.25, 0.3) is 0 Å². The largest absolute Gasteiger partial charge is 0.469 e. The highest BCUT2D eigenvalue weighted by molar-refractivity contribution is 5.71. The summed E-state index contributed by atoms with van der Waals surface area (Å²) in [7, 11) is 0. The van der Waals surface area contributed by atoms with E-state index in [1.807, 2.05) is 0 Å². The van der Waals surface area contributed by atoms with E-state index in [4.69, 9.17) is 5.73 Å². The molecular formula is C7H4F3N3O. The highest BCUT2D eigenvalue weighted by Gasteiger charge is 2.37. The van der Waals surface area contributed by atoms with E-state index in [2.05, 4.69) is 14.4 Å². The van der Waals surface area contributed by atoms with Crippen LogP contribution in [0.5, 0.6) is 0 Å². The number of halogens is 3. The first-order valence-corrected chi connectivity index (χ1v) is 3.56. The second-order valence-electron chi connectivity index (χ2n) is 2.61. The highest BCUT2D eigenvalue weighted by Crippen LogP contribution is 2.30. The van der Waals surface area contributed by atoms with Crippen molar-refractivity contribution in [3.05, 3.63) is 18.2 Å². The van der Waals surface area contributed by atoms with Crippen molar-refractivity contribution >= 4 is 16.9 Å². The van der Waals surface area contributed by atoms with Crippen molar-refractivity contribution < 1.29 is 17.6 Å². The molecule has 0 spiro atoms. The van der Waals surface area contributed by atoms with Crippen LogP contribution in [0.4, 0.5) is 18.9 Å². The molecule has 0 bridgehead atoms. The molecule has 0 amide bonds. The van der Waals surface area contributed by atoms with Gasteiger partial charge in [-0.2, -0.15) is 13.2 Å². The molecule has 2 aromatic heterocycles. The molecule has 0 aliphatic heterocycles. The quantitative estimate of drug-likeness (QED) is 0.709. The van der Waals surface area contributed by atoms with Crippen LogP contribution in [-0.2, 0) is 6.18 Å². The van der Waals surface area contributed by atoms with E-state index in [0.717, 1.165) is 0 Å². The molecule has 2 aromatic rings. The third-order valence-electron chi connectivity index (χ3n) is 1.51. The molecule has 2 rings (SSSR count). The predicted octanol–water partition coefficient (Wildman–Crippen LogP) is 1.82. The summed E-state index contributed by atoms with van der Waals surface area (Å²) in [6, 6.07) is 1.26. The normalized spacial score (nSPS) is 12.2. The summed E-state index contributed by atoms with van der Waals surface area (Å²) in [5, 5.41) is 0. The van der Waals surface area contributed by atoms with Gasteiger partial charge in [0.2, 0.25) is 5.71 Å². The molecule has 0 fully saturated rings. The lowest BCUT2D eigenvalue weighted by Crippen LogP contribution is -2.04. The first-order valence-electron chi connectivity index (χ1n) is 3.56. The molecule has 2 heterocycles. The van der Waals surface area contributed by atoms with Gasteiger partial charge in [-0.3, -0.25) is 0 Å². The van der Waals surface area contributed by atoms with Crippen LogP contribution in [0.1, 0.15) is 5.89 Å².